The van der Waals surface area contributed by atoms with E-state index in [9.17, 15) is 4.79 Å². The Bertz CT molecular complexity index is 1300. The van der Waals surface area contributed by atoms with Gasteiger partial charge in [0, 0.05) is 44.2 Å². The molecule has 182 valence electrons. The van der Waals surface area contributed by atoms with Crippen LogP contribution in [-0.2, 0) is 6.42 Å². The maximum absolute atomic E-state index is 13.3. The molecule has 36 heavy (non-hydrogen) atoms. The first-order chi connectivity index (χ1) is 17.7. The van der Waals surface area contributed by atoms with E-state index in [0.29, 0.717) is 24.5 Å². The van der Waals surface area contributed by atoms with E-state index in [1.807, 2.05) is 29.2 Å². The van der Waals surface area contributed by atoms with Crippen molar-refractivity contribution in [2.24, 2.45) is 0 Å². The number of nitrogens with zero attached hydrogens (tertiary/aromatic N) is 3. The molecule has 0 aliphatic carbocycles. The van der Waals surface area contributed by atoms with Crippen LogP contribution in [0.25, 0.3) is 11.3 Å². The summed E-state index contributed by atoms with van der Waals surface area (Å²) in [7, 11) is 0. The fourth-order valence-electron chi connectivity index (χ4n) is 5.32. The highest BCUT2D eigenvalue weighted by Gasteiger charge is 2.30. The molecule has 0 saturated carbocycles. The van der Waals surface area contributed by atoms with Gasteiger partial charge in [-0.25, -0.2) is 0 Å². The third-order valence-electron chi connectivity index (χ3n) is 7.11. The van der Waals surface area contributed by atoms with Crippen LogP contribution < -0.4 is 4.74 Å². The maximum Gasteiger partial charge on any atom is 0.276 e. The fourth-order valence-corrected chi connectivity index (χ4v) is 5.32. The molecule has 1 aromatic heterocycles. The highest BCUT2D eigenvalue weighted by atomic mass is 16.5. The smallest absolute Gasteiger partial charge is 0.276 e. The summed E-state index contributed by atoms with van der Waals surface area (Å²) >= 11 is 0. The number of amides is 1. The van der Waals surface area contributed by atoms with Crippen LogP contribution in [-0.4, -0.2) is 53.1 Å². The van der Waals surface area contributed by atoms with E-state index in [-0.39, 0.29) is 18.1 Å². The Morgan fingerprint density at radius 3 is 2.22 bits per heavy atom. The highest BCUT2D eigenvalue weighted by Crippen LogP contribution is 2.33. The van der Waals surface area contributed by atoms with Crippen LogP contribution in [0.4, 0.5) is 0 Å². The Morgan fingerprint density at radius 2 is 1.56 bits per heavy atom. The maximum atomic E-state index is 13.3. The monoisotopic (exact) mass is 479 g/mol. The minimum absolute atomic E-state index is 0.0845. The van der Waals surface area contributed by atoms with Crippen LogP contribution in [0.2, 0.25) is 0 Å². The van der Waals surface area contributed by atoms with Crippen molar-refractivity contribution in [1.82, 2.24) is 15.0 Å². The van der Waals surface area contributed by atoms with Crippen molar-refractivity contribution in [3.63, 3.8) is 0 Å². The lowest BCUT2D eigenvalue weighted by Crippen LogP contribution is -2.50. The van der Waals surface area contributed by atoms with Gasteiger partial charge in [0.05, 0.1) is 6.04 Å². The van der Waals surface area contributed by atoms with Gasteiger partial charge in [0.15, 0.2) is 11.5 Å². The van der Waals surface area contributed by atoms with E-state index in [2.05, 4.69) is 71.6 Å². The Balaban J connectivity index is 1.15. The van der Waals surface area contributed by atoms with Gasteiger partial charge in [0.25, 0.3) is 5.91 Å². The summed E-state index contributed by atoms with van der Waals surface area (Å²) in [4.78, 5) is 17.6. The van der Waals surface area contributed by atoms with E-state index >= 15 is 0 Å². The Hall–Kier alpha value is -3.90. The predicted octanol–water partition coefficient (Wildman–Crippen LogP) is 5.21. The molecule has 6 heteroatoms. The number of ether oxygens (including phenoxy) is 1. The molecule has 1 saturated heterocycles. The zero-order valence-electron chi connectivity index (χ0n) is 20.3. The molecule has 1 fully saturated rings. The number of hydrogen-bond donors (Lipinski definition) is 0. The summed E-state index contributed by atoms with van der Waals surface area (Å²) in [6, 6.07) is 29.1. The van der Waals surface area contributed by atoms with Crippen LogP contribution >= 0.6 is 0 Å². The number of aromatic nitrogens is 1. The molecule has 2 aliphatic heterocycles. The summed E-state index contributed by atoms with van der Waals surface area (Å²) in [5, 5.41) is 4.11. The Labute approximate surface area is 211 Å². The molecule has 1 amide bonds. The van der Waals surface area contributed by atoms with Gasteiger partial charge in [-0.3, -0.25) is 9.69 Å². The fraction of sp³-hybridized carbons (Fsp3) is 0.267. The van der Waals surface area contributed by atoms with E-state index in [1.165, 1.54) is 11.1 Å². The molecule has 2 aliphatic rings. The van der Waals surface area contributed by atoms with Gasteiger partial charge in [0.2, 0.25) is 0 Å². The summed E-state index contributed by atoms with van der Waals surface area (Å²) in [5.74, 6) is 1.44. The van der Waals surface area contributed by atoms with Crippen LogP contribution in [0.15, 0.2) is 89.5 Å². The highest BCUT2D eigenvalue weighted by molar-refractivity contribution is 5.93. The standard InChI is InChI=1S/C30H29N3O3/c1-21-18-25-19-24(12-13-27(25)35-21)28-20-26(31-36-28)30(34)33-16-14-32(15-17-33)29(22-8-4-2-5-9-22)23-10-6-3-7-11-23/h2-13,19-21,29H,14-18H2,1H3/t21-/m1/s1. The number of carbonyl (C=O) groups is 1. The van der Waals surface area contributed by atoms with Gasteiger partial charge in [-0.2, -0.15) is 0 Å². The van der Waals surface area contributed by atoms with Crippen molar-refractivity contribution < 1.29 is 14.1 Å². The van der Waals surface area contributed by atoms with Gasteiger partial charge in [-0.15, -0.1) is 0 Å². The van der Waals surface area contributed by atoms with E-state index < -0.39 is 0 Å². The van der Waals surface area contributed by atoms with Crippen LogP contribution in [0.5, 0.6) is 5.75 Å². The Kier molecular flexibility index (Phi) is 6.03. The first-order valence-electron chi connectivity index (χ1n) is 12.6. The second kappa shape index (κ2) is 9.63. The van der Waals surface area contributed by atoms with Crippen LogP contribution in [0, 0.1) is 0 Å². The SMILES string of the molecule is C[C@@H]1Cc2cc(-c3cc(C(=O)N4CCN(C(c5ccccc5)c5ccccc5)CC4)no3)ccc2O1. The quantitative estimate of drug-likeness (QED) is 0.393. The third-order valence-corrected chi connectivity index (χ3v) is 7.11. The zero-order chi connectivity index (χ0) is 24.5. The van der Waals surface area contributed by atoms with E-state index in [4.69, 9.17) is 9.26 Å². The second-order valence-electron chi connectivity index (χ2n) is 9.58. The minimum atomic E-state index is -0.0845. The van der Waals surface area contributed by atoms with Gasteiger partial charge >= 0.3 is 0 Å². The minimum Gasteiger partial charge on any atom is -0.490 e. The summed E-state index contributed by atoms with van der Waals surface area (Å²) in [6.45, 7) is 4.92. The summed E-state index contributed by atoms with van der Waals surface area (Å²) in [6.07, 6.45) is 1.06. The van der Waals surface area contributed by atoms with Crippen molar-refractivity contribution in [1.29, 1.82) is 0 Å². The zero-order valence-corrected chi connectivity index (χ0v) is 20.3. The normalized spacial score (nSPS) is 17.7. The molecule has 0 N–H and O–H groups in total. The van der Waals surface area contributed by atoms with Gasteiger partial charge in [-0.05, 0) is 41.8 Å². The molecule has 0 spiro atoms. The lowest BCUT2D eigenvalue weighted by molar-refractivity contribution is 0.0588. The van der Waals surface area contributed by atoms with Crippen molar-refractivity contribution in [3.8, 4) is 17.1 Å². The number of hydrogen-bond acceptors (Lipinski definition) is 5. The topological polar surface area (TPSA) is 58.8 Å². The molecule has 3 aromatic carbocycles. The predicted molar refractivity (Wildman–Crippen MR) is 138 cm³/mol. The average Bonchev–Trinajstić information content (AvgIpc) is 3.56. The number of carbonyl (C=O) groups excluding carboxylic acids is 1. The van der Waals surface area contributed by atoms with Crippen LogP contribution in [0.1, 0.15) is 40.1 Å². The van der Waals surface area contributed by atoms with Crippen molar-refractivity contribution >= 4 is 5.91 Å². The average molecular weight is 480 g/mol. The van der Waals surface area contributed by atoms with E-state index in [0.717, 1.165) is 36.4 Å². The van der Waals surface area contributed by atoms with Gasteiger partial charge in [-0.1, -0.05) is 65.8 Å². The Morgan fingerprint density at radius 1 is 0.889 bits per heavy atom. The molecule has 0 bridgehead atoms. The first-order valence-corrected chi connectivity index (χ1v) is 12.6. The molecular formula is C30H29N3O3. The molecule has 1 atom stereocenters. The van der Waals surface area contributed by atoms with Gasteiger partial charge in [0.1, 0.15) is 11.9 Å². The van der Waals surface area contributed by atoms with Gasteiger partial charge < -0.3 is 14.2 Å². The lowest BCUT2D eigenvalue weighted by Gasteiger charge is -2.39. The van der Waals surface area contributed by atoms with Crippen LogP contribution in [0.3, 0.4) is 0 Å². The molecule has 6 rings (SSSR count). The summed E-state index contributed by atoms with van der Waals surface area (Å²) in [5.41, 5.74) is 4.95. The molecule has 6 nitrogen and oxygen atoms in total. The number of piperazine rings is 1. The third kappa shape index (κ3) is 4.40. The second-order valence-corrected chi connectivity index (χ2v) is 9.58. The lowest BCUT2D eigenvalue weighted by atomic mass is 9.96. The molecular weight excluding hydrogens is 450 g/mol. The van der Waals surface area contributed by atoms with Crippen molar-refractivity contribution in [3.05, 3.63) is 107 Å². The van der Waals surface area contributed by atoms with Crippen molar-refractivity contribution in [2.75, 3.05) is 26.2 Å². The number of benzene rings is 3. The molecule has 0 radical (unpaired) electrons. The molecule has 4 aromatic rings. The number of fused-ring (bicyclic) bond motifs is 1. The first kappa shape index (κ1) is 22.6. The largest absolute Gasteiger partial charge is 0.490 e. The number of rotatable bonds is 5. The van der Waals surface area contributed by atoms with E-state index in [1.54, 1.807) is 6.07 Å². The molecule has 3 heterocycles. The van der Waals surface area contributed by atoms with Crippen molar-refractivity contribution in [2.45, 2.75) is 25.5 Å². The summed E-state index contributed by atoms with van der Waals surface area (Å²) < 4.78 is 11.4. The molecule has 0 unspecified atom stereocenters.